The van der Waals surface area contributed by atoms with Crippen molar-refractivity contribution in [1.29, 1.82) is 0 Å². The predicted molar refractivity (Wildman–Crippen MR) is 103 cm³/mol. The van der Waals surface area contributed by atoms with Crippen LogP contribution >= 0.6 is 22.9 Å². The van der Waals surface area contributed by atoms with E-state index in [0.717, 1.165) is 6.07 Å². The lowest BCUT2D eigenvalue weighted by atomic mass is 9.92. The normalized spacial score (nSPS) is 19.0. The summed E-state index contributed by atoms with van der Waals surface area (Å²) >= 11 is 6.80. The molecule has 0 bridgehead atoms. The van der Waals surface area contributed by atoms with Gasteiger partial charge in [-0.15, -0.1) is 11.3 Å². The number of thiophene rings is 1. The van der Waals surface area contributed by atoms with Gasteiger partial charge in [0.05, 0.1) is 30.2 Å². The minimum atomic E-state index is -4.70. The summed E-state index contributed by atoms with van der Waals surface area (Å²) in [7, 11) is 1.41. The first-order chi connectivity index (χ1) is 14.5. The van der Waals surface area contributed by atoms with Crippen LogP contribution < -0.4 is 4.74 Å². The van der Waals surface area contributed by atoms with Gasteiger partial charge in [0, 0.05) is 23.6 Å². The van der Waals surface area contributed by atoms with Crippen LogP contribution in [0.4, 0.5) is 17.6 Å². The van der Waals surface area contributed by atoms with Gasteiger partial charge in [-0.2, -0.15) is 17.6 Å². The second-order valence-electron chi connectivity index (χ2n) is 6.72. The van der Waals surface area contributed by atoms with Crippen molar-refractivity contribution in [1.82, 2.24) is 4.90 Å². The van der Waals surface area contributed by atoms with Crippen LogP contribution in [0.5, 0.6) is 5.06 Å². The molecule has 12 heteroatoms. The van der Waals surface area contributed by atoms with Crippen molar-refractivity contribution in [3.8, 4) is 5.06 Å². The Balaban J connectivity index is 1.94. The van der Waals surface area contributed by atoms with Gasteiger partial charge in [-0.25, -0.2) is 0 Å². The van der Waals surface area contributed by atoms with Crippen molar-refractivity contribution >= 4 is 34.8 Å². The highest BCUT2D eigenvalue weighted by molar-refractivity contribution is 7.12. The Hall–Kier alpha value is -2.53. The van der Waals surface area contributed by atoms with E-state index in [1.807, 2.05) is 0 Å². The molecule has 1 aliphatic heterocycles. The maximum Gasteiger partial charge on any atom is 0.461 e. The Morgan fingerprint density at radius 1 is 1.42 bits per heavy atom. The maximum atomic E-state index is 13.2. The van der Waals surface area contributed by atoms with Gasteiger partial charge in [0.25, 0.3) is 5.91 Å². The molecule has 6 nitrogen and oxygen atoms in total. The number of nitrogens with zero attached hydrogens (tertiary/aromatic N) is 1. The number of carbonyl (C=O) groups excluding carboxylic acids is 1. The third-order valence-corrected chi connectivity index (χ3v) is 5.97. The van der Waals surface area contributed by atoms with E-state index < -0.39 is 35.5 Å². The summed E-state index contributed by atoms with van der Waals surface area (Å²) < 4.78 is 60.2. The molecule has 1 amide bonds. The Morgan fingerprint density at radius 3 is 2.68 bits per heavy atom. The fourth-order valence-corrected chi connectivity index (χ4v) is 4.49. The zero-order valence-corrected chi connectivity index (χ0v) is 17.7. The third kappa shape index (κ3) is 4.42. The summed E-state index contributed by atoms with van der Waals surface area (Å²) in [6.07, 6.45) is -7.37. The van der Waals surface area contributed by atoms with Crippen LogP contribution in [0.3, 0.4) is 0 Å². The van der Waals surface area contributed by atoms with Crippen LogP contribution in [-0.4, -0.2) is 47.6 Å². The van der Waals surface area contributed by atoms with E-state index in [-0.39, 0.29) is 18.4 Å². The molecule has 2 aliphatic rings. The molecule has 1 aliphatic carbocycles. The molecule has 1 unspecified atom stereocenters. The molecule has 0 aromatic carbocycles. The maximum absolute atomic E-state index is 13.2. The van der Waals surface area contributed by atoms with Crippen LogP contribution in [0.25, 0.3) is 0 Å². The molecule has 0 saturated carbocycles. The minimum absolute atomic E-state index is 0.0713. The van der Waals surface area contributed by atoms with Crippen molar-refractivity contribution in [2.75, 3.05) is 7.11 Å². The van der Waals surface area contributed by atoms with Gasteiger partial charge in [-0.1, -0.05) is 11.6 Å². The summed E-state index contributed by atoms with van der Waals surface area (Å²) in [6, 6.07) is 0.316. The fraction of sp³-hybridized carbons (Fsp3) is 0.368. The molecule has 0 spiro atoms. The Labute approximate surface area is 183 Å². The van der Waals surface area contributed by atoms with E-state index in [2.05, 4.69) is 4.74 Å². The summed E-state index contributed by atoms with van der Waals surface area (Å²) in [5.74, 6) is -1.40. The smallest absolute Gasteiger partial charge is 0.461 e. The van der Waals surface area contributed by atoms with Crippen molar-refractivity contribution in [2.24, 2.45) is 0 Å². The number of carboxylic acids is 1. The topological polar surface area (TPSA) is 76.1 Å². The number of carboxylic acid groups (broad SMARTS) is 1. The zero-order valence-electron chi connectivity index (χ0n) is 16.1. The lowest BCUT2D eigenvalue weighted by molar-refractivity contribution is -0.251. The van der Waals surface area contributed by atoms with Crippen LogP contribution in [0.2, 0.25) is 0 Å². The van der Waals surface area contributed by atoms with E-state index in [1.165, 1.54) is 17.4 Å². The predicted octanol–water partition coefficient (Wildman–Crippen LogP) is 4.98. The van der Waals surface area contributed by atoms with E-state index in [9.17, 15) is 32.3 Å². The lowest BCUT2D eigenvalue weighted by Gasteiger charge is -2.29. The van der Waals surface area contributed by atoms with Gasteiger partial charge in [-0.05, 0) is 24.1 Å². The van der Waals surface area contributed by atoms with E-state index >= 15 is 0 Å². The Kier molecular flexibility index (Phi) is 6.38. The number of ether oxygens (including phenoxy) is 2. The number of alkyl halides is 4. The zero-order chi connectivity index (χ0) is 23.1. The molecule has 31 heavy (non-hydrogen) atoms. The first-order valence-corrected chi connectivity index (χ1v) is 10.0. The summed E-state index contributed by atoms with van der Waals surface area (Å²) in [6.45, 7) is 1.56. The van der Waals surface area contributed by atoms with Crippen molar-refractivity contribution in [3.05, 3.63) is 50.7 Å². The number of hydrogen-bond acceptors (Lipinski definition) is 5. The molecule has 0 fully saturated rings. The molecule has 0 radical (unpaired) electrons. The minimum Gasteiger partial charge on any atom is -0.496 e. The van der Waals surface area contributed by atoms with Gasteiger partial charge in [0.15, 0.2) is 5.06 Å². The fourth-order valence-electron chi connectivity index (χ4n) is 3.45. The van der Waals surface area contributed by atoms with Crippen molar-refractivity contribution < 1.29 is 41.7 Å². The van der Waals surface area contributed by atoms with Crippen LogP contribution in [0.15, 0.2) is 45.2 Å². The van der Waals surface area contributed by atoms with Gasteiger partial charge >= 0.3 is 18.5 Å². The first-order valence-electron chi connectivity index (χ1n) is 8.79. The second kappa shape index (κ2) is 8.54. The molecule has 1 N–H and O–H groups in total. The SMILES string of the molecule is COC1=C(Cl)CC2C(=C1)C(CC(=O)O)=C(C)N2C(=O)c1csc(OC(F)(F)C(F)F)c1. The highest BCUT2D eigenvalue weighted by Crippen LogP contribution is 2.44. The monoisotopic (exact) mass is 481 g/mol. The third-order valence-electron chi connectivity index (χ3n) is 4.82. The van der Waals surface area contributed by atoms with E-state index in [1.54, 1.807) is 13.0 Å². The number of hydrogen-bond donors (Lipinski definition) is 1. The summed E-state index contributed by atoms with van der Waals surface area (Å²) in [5, 5.41) is 10.2. The van der Waals surface area contributed by atoms with Crippen LogP contribution in [0, 0.1) is 0 Å². The quantitative estimate of drug-likeness (QED) is 0.556. The highest BCUT2D eigenvalue weighted by Gasteiger charge is 2.45. The number of amides is 1. The number of halogens is 5. The van der Waals surface area contributed by atoms with E-state index in [4.69, 9.17) is 16.3 Å². The number of methoxy groups -OCH3 is 1. The van der Waals surface area contributed by atoms with Crippen molar-refractivity contribution in [2.45, 2.75) is 38.3 Å². The number of fused-ring (bicyclic) bond motifs is 1. The average Bonchev–Trinajstić information content (AvgIpc) is 3.23. The van der Waals surface area contributed by atoms with E-state index in [0.29, 0.717) is 39.0 Å². The van der Waals surface area contributed by atoms with Crippen LogP contribution in [0.1, 0.15) is 30.1 Å². The first kappa shape index (κ1) is 23.1. The van der Waals surface area contributed by atoms with Gasteiger partial charge in [-0.3, -0.25) is 9.59 Å². The average molecular weight is 482 g/mol. The van der Waals surface area contributed by atoms with Gasteiger partial charge < -0.3 is 19.5 Å². The molecule has 1 aromatic heterocycles. The summed E-state index contributed by atoms with van der Waals surface area (Å²) in [4.78, 5) is 25.8. The summed E-state index contributed by atoms with van der Waals surface area (Å²) in [5.41, 5.74) is 1.24. The Morgan fingerprint density at radius 2 is 2.10 bits per heavy atom. The molecule has 3 rings (SSSR count). The standard InChI is InChI=1S/C19H16ClF4NO5S/c1-8-10(5-15(26)27)11-4-14(29-2)12(20)6-13(11)25(8)17(28)9-3-16(31-7-9)30-19(23,24)18(21)22/h3-4,7,13,18H,5-6H2,1-2H3,(H,26,27). The number of allylic oxidation sites excluding steroid dienone is 2. The molecular formula is C19H16ClF4NO5S. The van der Waals surface area contributed by atoms with Crippen molar-refractivity contribution in [3.63, 3.8) is 0 Å². The molecule has 2 heterocycles. The largest absolute Gasteiger partial charge is 0.496 e. The molecular weight excluding hydrogens is 466 g/mol. The van der Waals surface area contributed by atoms with Gasteiger partial charge in [0.1, 0.15) is 5.76 Å². The lowest BCUT2D eigenvalue weighted by Crippen LogP contribution is -2.37. The number of rotatable bonds is 7. The molecule has 0 saturated heterocycles. The second-order valence-corrected chi connectivity index (χ2v) is 8.05. The van der Waals surface area contributed by atoms with Crippen LogP contribution in [-0.2, 0) is 9.53 Å². The number of aliphatic carboxylic acids is 1. The highest BCUT2D eigenvalue weighted by atomic mass is 35.5. The van der Waals surface area contributed by atoms with Gasteiger partial charge in [0.2, 0.25) is 0 Å². The molecule has 1 atom stereocenters. The Bertz CT molecular complexity index is 1020. The molecule has 168 valence electrons. The molecule has 1 aromatic rings. The number of carbonyl (C=O) groups is 2.